The summed E-state index contributed by atoms with van der Waals surface area (Å²) in [4.78, 5) is 12.0. The van der Waals surface area contributed by atoms with Crippen LogP contribution in [-0.4, -0.2) is 16.1 Å². The minimum absolute atomic E-state index is 0.0267. The summed E-state index contributed by atoms with van der Waals surface area (Å²) >= 11 is 5.64. The number of nitrogens with one attached hydrogen (secondary N) is 2. The monoisotopic (exact) mass is 296 g/mol. The van der Waals surface area contributed by atoms with Crippen LogP contribution in [0.5, 0.6) is 0 Å². The Kier molecular flexibility index (Phi) is 4.24. The number of halogens is 2. The second-order valence-electron chi connectivity index (χ2n) is 4.29. The zero-order valence-electron chi connectivity index (χ0n) is 10.8. The zero-order chi connectivity index (χ0) is 14.7. The maximum atomic E-state index is 13.6. The van der Waals surface area contributed by atoms with E-state index in [0.29, 0.717) is 17.8 Å². The standard InChI is InChI=1S/C13H14ClFN4O/c1-2-3-10-11(16)12(19-18-10)13(20)17-9-5-4-7(14)6-8(9)15/h4-6H,2-3,16H2,1H3,(H,17,20)(H,18,19). The predicted octanol–water partition coefficient (Wildman–Crippen LogP) is 2.99. The lowest BCUT2D eigenvalue weighted by atomic mass is 10.2. The first-order valence-corrected chi connectivity index (χ1v) is 6.49. The highest BCUT2D eigenvalue weighted by Gasteiger charge is 2.18. The van der Waals surface area contributed by atoms with Crippen molar-refractivity contribution in [3.05, 3.63) is 40.4 Å². The van der Waals surface area contributed by atoms with E-state index < -0.39 is 11.7 Å². The largest absolute Gasteiger partial charge is 0.395 e. The Balaban J connectivity index is 2.20. The summed E-state index contributed by atoms with van der Waals surface area (Å²) in [5, 5.41) is 9.25. The van der Waals surface area contributed by atoms with Gasteiger partial charge in [0.15, 0.2) is 5.69 Å². The number of nitrogens with zero attached hydrogens (tertiary/aromatic N) is 1. The summed E-state index contributed by atoms with van der Waals surface area (Å²) in [6.45, 7) is 1.99. The van der Waals surface area contributed by atoms with E-state index >= 15 is 0 Å². The molecule has 0 saturated heterocycles. The number of aryl methyl sites for hydroxylation is 1. The molecule has 20 heavy (non-hydrogen) atoms. The van der Waals surface area contributed by atoms with Gasteiger partial charge in [-0.05, 0) is 24.6 Å². The van der Waals surface area contributed by atoms with Gasteiger partial charge in [0.2, 0.25) is 0 Å². The van der Waals surface area contributed by atoms with Crippen LogP contribution in [0.15, 0.2) is 18.2 Å². The Bertz CT molecular complexity index is 641. The third-order valence-electron chi connectivity index (χ3n) is 2.78. The first-order valence-electron chi connectivity index (χ1n) is 6.12. The Labute approximate surface area is 120 Å². The molecule has 0 fully saturated rings. The van der Waals surface area contributed by atoms with Gasteiger partial charge < -0.3 is 11.1 Å². The number of amides is 1. The molecule has 5 nitrogen and oxygen atoms in total. The molecule has 7 heteroatoms. The van der Waals surface area contributed by atoms with Gasteiger partial charge in [-0.2, -0.15) is 5.10 Å². The van der Waals surface area contributed by atoms with Gasteiger partial charge in [-0.15, -0.1) is 0 Å². The SMILES string of the molecule is CCCc1[nH]nc(C(=O)Nc2ccc(Cl)cc2F)c1N. The number of aromatic nitrogens is 2. The number of H-pyrrole nitrogens is 1. The summed E-state index contributed by atoms with van der Waals surface area (Å²) in [6.07, 6.45) is 1.57. The van der Waals surface area contributed by atoms with Crippen LogP contribution < -0.4 is 11.1 Å². The molecular formula is C13H14ClFN4O. The molecule has 106 valence electrons. The van der Waals surface area contributed by atoms with Crippen molar-refractivity contribution in [2.24, 2.45) is 0 Å². The van der Waals surface area contributed by atoms with Crippen molar-refractivity contribution in [1.29, 1.82) is 0 Å². The number of benzene rings is 1. The highest BCUT2D eigenvalue weighted by atomic mass is 35.5. The molecule has 1 amide bonds. The van der Waals surface area contributed by atoms with Crippen molar-refractivity contribution in [2.75, 3.05) is 11.1 Å². The fourth-order valence-electron chi connectivity index (χ4n) is 1.77. The van der Waals surface area contributed by atoms with Gasteiger partial charge in [0, 0.05) is 5.02 Å². The maximum absolute atomic E-state index is 13.6. The van der Waals surface area contributed by atoms with Gasteiger partial charge in [-0.3, -0.25) is 9.89 Å². The van der Waals surface area contributed by atoms with Crippen molar-refractivity contribution in [3.8, 4) is 0 Å². The molecule has 0 bridgehead atoms. The predicted molar refractivity (Wildman–Crippen MR) is 76.4 cm³/mol. The van der Waals surface area contributed by atoms with E-state index in [-0.39, 0.29) is 16.4 Å². The minimum atomic E-state index is -0.617. The van der Waals surface area contributed by atoms with Crippen molar-refractivity contribution in [2.45, 2.75) is 19.8 Å². The molecule has 4 N–H and O–H groups in total. The molecule has 0 atom stereocenters. The summed E-state index contributed by atoms with van der Waals surface area (Å²) in [5.74, 6) is -1.18. The van der Waals surface area contributed by atoms with Crippen LogP contribution >= 0.6 is 11.6 Å². The summed E-state index contributed by atoms with van der Waals surface area (Å²) in [6, 6.07) is 3.98. The second-order valence-corrected chi connectivity index (χ2v) is 4.73. The average Bonchev–Trinajstić information content (AvgIpc) is 2.75. The van der Waals surface area contributed by atoms with E-state index in [1.165, 1.54) is 12.1 Å². The van der Waals surface area contributed by atoms with Gasteiger partial charge in [0.1, 0.15) is 5.82 Å². The van der Waals surface area contributed by atoms with Crippen LogP contribution in [0.2, 0.25) is 5.02 Å². The van der Waals surface area contributed by atoms with Crippen molar-refractivity contribution in [1.82, 2.24) is 10.2 Å². The average molecular weight is 297 g/mol. The molecular weight excluding hydrogens is 283 g/mol. The van der Waals surface area contributed by atoms with Crippen molar-refractivity contribution >= 4 is 28.9 Å². The Hall–Kier alpha value is -2.08. The number of hydrogen-bond acceptors (Lipinski definition) is 3. The number of carbonyl (C=O) groups is 1. The third-order valence-corrected chi connectivity index (χ3v) is 3.01. The fraction of sp³-hybridized carbons (Fsp3) is 0.231. The molecule has 0 unspecified atom stereocenters. The van der Waals surface area contributed by atoms with Gasteiger partial charge in [-0.25, -0.2) is 4.39 Å². The number of hydrogen-bond donors (Lipinski definition) is 3. The summed E-state index contributed by atoms with van der Waals surface area (Å²) < 4.78 is 13.6. The van der Waals surface area contributed by atoms with Crippen LogP contribution in [0.25, 0.3) is 0 Å². The third kappa shape index (κ3) is 2.91. The van der Waals surface area contributed by atoms with Crippen LogP contribution in [0.4, 0.5) is 15.8 Å². The number of rotatable bonds is 4. The molecule has 2 aromatic rings. The van der Waals surface area contributed by atoms with Crippen LogP contribution in [0.3, 0.4) is 0 Å². The molecule has 0 aliphatic heterocycles. The van der Waals surface area contributed by atoms with Gasteiger partial charge >= 0.3 is 0 Å². The molecule has 0 aliphatic carbocycles. The molecule has 2 rings (SSSR count). The van der Waals surface area contributed by atoms with Crippen LogP contribution in [0, 0.1) is 5.82 Å². The van der Waals surface area contributed by atoms with Gasteiger partial charge in [0.05, 0.1) is 17.1 Å². The van der Waals surface area contributed by atoms with E-state index in [2.05, 4.69) is 15.5 Å². The Morgan fingerprint density at radius 1 is 1.55 bits per heavy atom. The summed E-state index contributed by atoms with van der Waals surface area (Å²) in [5.41, 5.74) is 6.92. The van der Waals surface area contributed by atoms with E-state index in [1.54, 1.807) is 0 Å². The number of carbonyl (C=O) groups excluding carboxylic acids is 1. The normalized spacial score (nSPS) is 10.6. The second kappa shape index (κ2) is 5.92. The van der Waals surface area contributed by atoms with Gasteiger partial charge in [-0.1, -0.05) is 24.9 Å². The Morgan fingerprint density at radius 3 is 2.95 bits per heavy atom. The highest BCUT2D eigenvalue weighted by molar-refractivity contribution is 6.30. The molecule has 0 aliphatic rings. The first-order chi connectivity index (χ1) is 9.52. The number of nitrogens with two attached hydrogens (primary N) is 1. The highest BCUT2D eigenvalue weighted by Crippen LogP contribution is 2.21. The fourth-order valence-corrected chi connectivity index (χ4v) is 1.93. The topological polar surface area (TPSA) is 83.8 Å². The molecule has 1 aromatic carbocycles. The lowest BCUT2D eigenvalue weighted by Gasteiger charge is -2.05. The van der Waals surface area contributed by atoms with E-state index in [0.717, 1.165) is 12.5 Å². The molecule has 0 spiro atoms. The van der Waals surface area contributed by atoms with E-state index in [1.807, 2.05) is 6.92 Å². The minimum Gasteiger partial charge on any atom is -0.395 e. The number of aromatic amines is 1. The molecule has 1 aromatic heterocycles. The van der Waals surface area contributed by atoms with Crippen LogP contribution in [0.1, 0.15) is 29.5 Å². The van der Waals surface area contributed by atoms with Gasteiger partial charge in [0.25, 0.3) is 5.91 Å². The maximum Gasteiger partial charge on any atom is 0.278 e. The van der Waals surface area contributed by atoms with E-state index in [9.17, 15) is 9.18 Å². The number of nitrogen functional groups attached to an aromatic ring is 1. The number of anilines is 2. The first kappa shape index (κ1) is 14.3. The quantitative estimate of drug-likeness (QED) is 0.811. The zero-order valence-corrected chi connectivity index (χ0v) is 11.6. The smallest absolute Gasteiger partial charge is 0.278 e. The van der Waals surface area contributed by atoms with Crippen molar-refractivity contribution < 1.29 is 9.18 Å². The molecule has 1 heterocycles. The lowest BCUT2D eigenvalue weighted by molar-refractivity contribution is 0.102. The Morgan fingerprint density at radius 2 is 2.30 bits per heavy atom. The van der Waals surface area contributed by atoms with Crippen LogP contribution in [-0.2, 0) is 6.42 Å². The van der Waals surface area contributed by atoms with Crippen molar-refractivity contribution in [3.63, 3.8) is 0 Å². The molecule has 0 radical (unpaired) electrons. The van der Waals surface area contributed by atoms with E-state index in [4.69, 9.17) is 17.3 Å². The molecule has 0 saturated carbocycles. The summed E-state index contributed by atoms with van der Waals surface area (Å²) in [7, 11) is 0. The lowest BCUT2D eigenvalue weighted by Crippen LogP contribution is -2.15.